The number of aryl methyl sites for hydroxylation is 4. The zero-order chi connectivity index (χ0) is 50.2. The second kappa shape index (κ2) is 24.9. The molecule has 2 aliphatic heterocycles. The molecule has 0 unspecified atom stereocenters. The van der Waals surface area contributed by atoms with Gasteiger partial charge in [-0.3, -0.25) is 9.59 Å². The van der Waals surface area contributed by atoms with E-state index in [4.69, 9.17) is 27.8 Å². The van der Waals surface area contributed by atoms with Crippen LogP contribution < -0.4 is 19.5 Å². The largest absolute Gasteiger partial charge is 0.493 e. The van der Waals surface area contributed by atoms with Crippen LogP contribution in [0.1, 0.15) is 46.9 Å². The smallest absolute Gasteiger partial charge is 0.415 e. The monoisotopic (exact) mass is 974 g/mol. The molecule has 2 saturated heterocycles. The summed E-state index contributed by atoms with van der Waals surface area (Å²) in [6.07, 6.45) is 4.05. The Hall–Kier alpha value is -7.71. The van der Waals surface area contributed by atoms with E-state index < -0.39 is 18.0 Å². The summed E-state index contributed by atoms with van der Waals surface area (Å²) in [5.41, 5.74) is 6.05. The average molecular weight is 975 g/mol. The minimum Gasteiger partial charge on any atom is -0.493 e. The molecule has 2 N–H and O–H groups in total. The molecule has 0 bridgehead atoms. The molecule has 2 aliphatic rings. The molecule has 0 spiro atoms. The number of amides is 1. The number of nitrogens with one attached hydrogen (secondary N) is 1. The molecular formula is C58H62N4O10. The molecule has 72 heavy (non-hydrogen) atoms. The number of hydrogen-bond donors (Lipinski definition) is 2. The number of ether oxygens (including phenoxy) is 4. The van der Waals surface area contributed by atoms with Gasteiger partial charge in [0.05, 0.1) is 43.5 Å². The number of oxazole rings is 2. The van der Waals surface area contributed by atoms with Gasteiger partial charge in [-0.2, -0.15) is 0 Å². The van der Waals surface area contributed by atoms with Gasteiger partial charge in [0, 0.05) is 43.6 Å². The number of aromatic nitrogens is 2. The van der Waals surface area contributed by atoms with Gasteiger partial charge in [0.1, 0.15) is 28.8 Å². The summed E-state index contributed by atoms with van der Waals surface area (Å²) in [4.78, 5) is 47.1. The first-order valence-corrected chi connectivity index (χ1v) is 24.6. The van der Waals surface area contributed by atoms with E-state index >= 15 is 0 Å². The molecule has 374 valence electrons. The van der Waals surface area contributed by atoms with Crippen molar-refractivity contribution in [2.45, 2.75) is 52.4 Å². The first kappa shape index (κ1) is 50.7. The van der Waals surface area contributed by atoms with Crippen LogP contribution in [0, 0.1) is 37.5 Å². The summed E-state index contributed by atoms with van der Waals surface area (Å²) in [5.74, 6) is 3.44. The summed E-state index contributed by atoms with van der Waals surface area (Å²) >= 11 is 0. The Kier molecular flexibility index (Phi) is 17.5. The van der Waals surface area contributed by atoms with Gasteiger partial charge in [-0.15, -0.1) is 0 Å². The van der Waals surface area contributed by atoms with Crippen molar-refractivity contribution >= 4 is 18.0 Å². The van der Waals surface area contributed by atoms with Gasteiger partial charge in [0.15, 0.2) is 0 Å². The Bertz CT molecular complexity index is 2820. The number of carboxylic acid groups (broad SMARTS) is 1. The molecule has 0 radical (unpaired) electrons. The third-order valence-electron chi connectivity index (χ3n) is 13.3. The van der Waals surface area contributed by atoms with Crippen LogP contribution in [0.25, 0.3) is 22.9 Å². The lowest BCUT2D eigenvalue weighted by Gasteiger charge is -2.16. The highest BCUT2D eigenvalue weighted by molar-refractivity contribution is 5.76. The number of nitrogens with zero attached hydrogens (tertiary/aromatic N) is 3. The van der Waals surface area contributed by atoms with E-state index in [-0.39, 0.29) is 24.3 Å². The molecule has 9 rings (SSSR count). The number of carbonyl (C=O) groups excluding carboxylic acids is 2. The number of hydrogen-bond acceptors (Lipinski definition) is 12. The molecule has 0 aliphatic carbocycles. The number of esters is 1. The van der Waals surface area contributed by atoms with Crippen LogP contribution in [0.4, 0.5) is 4.79 Å². The standard InChI is InChI=1S/C32H32N2O6.C26H30N2O4/c1-22-29(33-30(39-22)24-8-4-2-5-9-24)18-19-38-26-16-13-23(14-17-26)12-15-25-20-34(21-28(25)31(35)36)32(37)40-27-10-6-3-7-11-27;1-18-24(28-25(32-18)20-6-4-3-5-7-20)14-15-31-22-12-9-19(10-13-22)8-11-21-16-27-17-23(21)26(29)30-2/h2-11,13-14,16-17,25,28H,12,15,18-21H2,1H3,(H,35,36);3-7,9-10,12-13,21,23,27H,8,11,14-17H2,1-2H3/t25-,28-;21-,23-/m11/s1. The van der Waals surface area contributed by atoms with Crippen LogP contribution in [-0.4, -0.2) is 84.5 Å². The van der Waals surface area contributed by atoms with Crippen molar-refractivity contribution in [2.24, 2.45) is 23.7 Å². The van der Waals surface area contributed by atoms with Crippen LogP contribution in [-0.2, 0) is 40.0 Å². The molecule has 2 aromatic heterocycles. The van der Waals surface area contributed by atoms with Gasteiger partial charge < -0.3 is 43.1 Å². The number of likely N-dealkylation sites (tertiary alicyclic amines) is 1. The third-order valence-corrected chi connectivity index (χ3v) is 13.3. The summed E-state index contributed by atoms with van der Waals surface area (Å²) in [6, 6.07) is 44.6. The molecule has 2 fully saturated rings. The van der Waals surface area contributed by atoms with Crippen LogP contribution in [0.3, 0.4) is 0 Å². The third kappa shape index (κ3) is 13.8. The molecule has 1 amide bonds. The normalized spacial score (nSPS) is 17.2. The topological polar surface area (TPSA) is 176 Å². The second-order valence-electron chi connectivity index (χ2n) is 18.2. The highest BCUT2D eigenvalue weighted by atomic mass is 16.6. The lowest BCUT2D eigenvalue weighted by atomic mass is 9.90. The number of carbonyl (C=O) groups is 3. The van der Waals surface area contributed by atoms with Crippen LogP contribution in [0.5, 0.6) is 17.2 Å². The van der Waals surface area contributed by atoms with Crippen molar-refractivity contribution in [1.82, 2.24) is 20.2 Å². The van der Waals surface area contributed by atoms with Gasteiger partial charge in [0.2, 0.25) is 11.8 Å². The fraction of sp³-hybridized carbons (Fsp3) is 0.328. The Balaban J connectivity index is 0.000000197. The number of carboxylic acids is 1. The fourth-order valence-corrected chi connectivity index (χ4v) is 9.18. The SMILES string of the molecule is COC(=O)[C@@H]1CNC[C@H]1CCc1ccc(OCCc2nc(-c3ccccc3)oc2C)cc1.Cc1oc(-c2ccccc2)nc1CCOc1ccc(CC[C@@H]2CN(C(=O)Oc3ccccc3)C[C@H]2C(=O)O)cc1. The van der Waals surface area contributed by atoms with Crippen molar-refractivity contribution < 1.29 is 47.3 Å². The van der Waals surface area contributed by atoms with Crippen LogP contribution in [0.2, 0.25) is 0 Å². The van der Waals surface area contributed by atoms with Gasteiger partial charge >= 0.3 is 18.0 Å². The van der Waals surface area contributed by atoms with E-state index in [0.717, 1.165) is 70.5 Å². The van der Waals surface area contributed by atoms with Crippen molar-refractivity contribution in [3.05, 3.63) is 174 Å². The molecule has 7 aromatic rings. The van der Waals surface area contributed by atoms with Crippen molar-refractivity contribution in [3.8, 4) is 40.2 Å². The lowest BCUT2D eigenvalue weighted by molar-refractivity contribution is -0.146. The van der Waals surface area contributed by atoms with Crippen molar-refractivity contribution in [2.75, 3.05) is 46.5 Å². The quantitative estimate of drug-likeness (QED) is 0.0733. The molecule has 14 heteroatoms. The number of aliphatic carboxylic acids is 1. The van der Waals surface area contributed by atoms with Crippen LogP contribution in [0.15, 0.2) is 148 Å². The molecule has 5 aromatic carbocycles. The predicted molar refractivity (Wildman–Crippen MR) is 272 cm³/mol. The van der Waals surface area contributed by atoms with E-state index in [2.05, 4.69) is 27.4 Å². The van der Waals surface area contributed by atoms with E-state index in [1.165, 1.54) is 17.6 Å². The molecule has 4 heterocycles. The highest BCUT2D eigenvalue weighted by Gasteiger charge is 2.40. The number of benzene rings is 5. The molecule has 14 nitrogen and oxygen atoms in total. The van der Waals surface area contributed by atoms with Crippen molar-refractivity contribution in [1.29, 1.82) is 0 Å². The summed E-state index contributed by atoms with van der Waals surface area (Å²) < 4.78 is 33.8. The maximum absolute atomic E-state index is 12.6. The van der Waals surface area contributed by atoms with Crippen LogP contribution >= 0.6 is 0 Å². The number of rotatable bonds is 19. The minimum absolute atomic E-state index is 0.0370. The summed E-state index contributed by atoms with van der Waals surface area (Å²) in [6.45, 7) is 6.94. The lowest BCUT2D eigenvalue weighted by Crippen LogP contribution is -2.32. The number of methoxy groups -OCH3 is 1. The Morgan fingerprint density at radius 2 is 1.08 bits per heavy atom. The van der Waals surface area contributed by atoms with E-state index in [1.807, 2.05) is 117 Å². The van der Waals surface area contributed by atoms with E-state index in [1.54, 1.807) is 24.3 Å². The molecule has 0 saturated carbocycles. The maximum Gasteiger partial charge on any atom is 0.415 e. The Labute approximate surface area is 420 Å². The van der Waals surface area contributed by atoms with Gasteiger partial charge in [0.25, 0.3) is 0 Å². The first-order valence-electron chi connectivity index (χ1n) is 24.6. The van der Waals surface area contributed by atoms with Gasteiger partial charge in [-0.25, -0.2) is 14.8 Å². The summed E-state index contributed by atoms with van der Waals surface area (Å²) in [7, 11) is 1.46. The predicted octanol–water partition coefficient (Wildman–Crippen LogP) is 10.2. The van der Waals surface area contributed by atoms with Crippen molar-refractivity contribution in [3.63, 3.8) is 0 Å². The average Bonchev–Trinajstić information content (AvgIpc) is 4.23. The molecule has 4 atom stereocenters. The highest BCUT2D eigenvalue weighted by Crippen LogP contribution is 2.30. The van der Waals surface area contributed by atoms with E-state index in [9.17, 15) is 19.5 Å². The van der Waals surface area contributed by atoms with Gasteiger partial charge in [-0.1, -0.05) is 78.9 Å². The fourth-order valence-electron chi connectivity index (χ4n) is 9.18. The van der Waals surface area contributed by atoms with E-state index in [0.29, 0.717) is 75.4 Å². The zero-order valence-electron chi connectivity index (χ0n) is 41.0. The second-order valence-corrected chi connectivity index (χ2v) is 18.2. The molecular weight excluding hydrogens is 913 g/mol. The maximum atomic E-state index is 12.6. The first-order chi connectivity index (χ1) is 35.1. The minimum atomic E-state index is -0.887. The Morgan fingerprint density at radius 3 is 1.57 bits per heavy atom. The zero-order valence-corrected chi connectivity index (χ0v) is 41.0. The Morgan fingerprint density at radius 1 is 0.597 bits per heavy atom. The summed E-state index contributed by atoms with van der Waals surface area (Å²) in [5, 5.41) is 13.0. The number of para-hydroxylation sites is 1. The van der Waals surface area contributed by atoms with Gasteiger partial charge in [-0.05, 0) is 130 Å².